The molecule has 0 aliphatic heterocycles. The van der Waals surface area contributed by atoms with Crippen LogP contribution < -0.4 is 5.73 Å². The Morgan fingerprint density at radius 1 is 1.50 bits per heavy atom. The van der Waals surface area contributed by atoms with Crippen LogP contribution in [0.25, 0.3) is 0 Å². The van der Waals surface area contributed by atoms with E-state index in [1.807, 2.05) is 19.1 Å². The Bertz CT molecular complexity index is 373. The van der Waals surface area contributed by atoms with Crippen molar-refractivity contribution in [2.24, 2.45) is 10.2 Å². The van der Waals surface area contributed by atoms with Crippen LogP contribution in [-0.4, -0.2) is 11.8 Å². The molecule has 0 heterocycles. The third-order valence-corrected chi connectivity index (χ3v) is 3.12. The number of benzene rings is 1. The van der Waals surface area contributed by atoms with Crippen LogP contribution in [0.4, 0.5) is 0 Å². The number of nitrogens with two attached hydrogens (primary N) is 1. The summed E-state index contributed by atoms with van der Waals surface area (Å²) in [4.78, 5) is 0. The van der Waals surface area contributed by atoms with E-state index in [2.05, 4.69) is 16.6 Å². The first kappa shape index (κ1) is 9.69. The average molecular weight is 209 g/mol. The van der Waals surface area contributed by atoms with Gasteiger partial charge in [0.1, 0.15) is 0 Å². The molecule has 0 fully saturated rings. The summed E-state index contributed by atoms with van der Waals surface area (Å²) >= 11 is 5.50. The maximum absolute atomic E-state index is 6.07. The minimum absolute atomic E-state index is 0.120. The van der Waals surface area contributed by atoms with Crippen LogP contribution in [0.1, 0.15) is 24.0 Å². The molecular weight excluding hydrogens is 196 g/mol. The molecule has 1 aromatic rings. The van der Waals surface area contributed by atoms with Crippen molar-refractivity contribution in [1.29, 1.82) is 0 Å². The predicted molar refractivity (Wildman–Crippen MR) is 59.8 cm³/mol. The van der Waals surface area contributed by atoms with Gasteiger partial charge in [0, 0.05) is 29.4 Å². The van der Waals surface area contributed by atoms with Crippen molar-refractivity contribution in [2.45, 2.75) is 25.3 Å². The summed E-state index contributed by atoms with van der Waals surface area (Å²) in [5.74, 6) is 0.198. The maximum atomic E-state index is 6.07. The summed E-state index contributed by atoms with van der Waals surface area (Å²) in [5, 5.41) is 0. The molecule has 2 atom stereocenters. The van der Waals surface area contributed by atoms with E-state index in [1.54, 1.807) is 0 Å². The van der Waals surface area contributed by atoms with Gasteiger partial charge < -0.3 is 5.73 Å². The van der Waals surface area contributed by atoms with Crippen molar-refractivity contribution in [2.75, 3.05) is 0 Å². The zero-order valence-electron chi connectivity index (χ0n) is 8.07. The SMILES string of the molecule is CC(=NCl)C1c2ccccc2CC1N. The summed E-state index contributed by atoms with van der Waals surface area (Å²) in [6.07, 6.45) is 0.921. The van der Waals surface area contributed by atoms with Crippen molar-refractivity contribution in [3.63, 3.8) is 0 Å². The van der Waals surface area contributed by atoms with Gasteiger partial charge in [0.05, 0.1) is 0 Å². The van der Waals surface area contributed by atoms with Crippen LogP contribution >= 0.6 is 11.8 Å². The molecule has 0 amide bonds. The van der Waals surface area contributed by atoms with Gasteiger partial charge in [-0.1, -0.05) is 24.3 Å². The van der Waals surface area contributed by atoms with Crippen LogP contribution in [0, 0.1) is 0 Å². The topological polar surface area (TPSA) is 38.4 Å². The summed E-state index contributed by atoms with van der Waals surface area (Å²) in [7, 11) is 0. The fraction of sp³-hybridized carbons (Fsp3) is 0.364. The molecule has 14 heavy (non-hydrogen) atoms. The van der Waals surface area contributed by atoms with Crippen molar-refractivity contribution in [3.8, 4) is 0 Å². The summed E-state index contributed by atoms with van der Waals surface area (Å²) in [6, 6.07) is 8.43. The predicted octanol–water partition coefficient (Wildman–Crippen LogP) is 2.27. The Hall–Kier alpha value is -0.860. The molecule has 0 aromatic heterocycles. The highest BCUT2D eigenvalue weighted by molar-refractivity contribution is 6.20. The molecule has 1 aliphatic rings. The zero-order chi connectivity index (χ0) is 10.1. The number of hydrogen-bond donors (Lipinski definition) is 1. The van der Waals surface area contributed by atoms with E-state index in [0.29, 0.717) is 0 Å². The Balaban J connectivity index is 2.44. The molecule has 74 valence electrons. The van der Waals surface area contributed by atoms with Crippen molar-refractivity contribution >= 4 is 17.5 Å². The van der Waals surface area contributed by atoms with Crippen LogP contribution in [0.3, 0.4) is 0 Å². The normalized spacial score (nSPS) is 26.4. The molecule has 2 N–H and O–H groups in total. The smallest absolute Gasteiger partial charge is 0.0389 e. The third-order valence-electron chi connectivity index (χ3n) is 2.86. The number of halogens is 1. The molecule has 0 radical (unpaired) electrons. The van der Waals surface area contributed by atoms with Crippen LogP contribution in [-0.2, 0) is 6.42 Å². The van der Waals surface area contributed by atoms with Gasteiger partial charge in [0.25, 0.3) is 0 Å². The number of nitrogens with zero attached hydrogens (tertiary/aromatic N) is 1. The van der Waals surface area contributed by atoms with Gasteiger partial charge in [-0.3, -0.25) is 0 Å². The molecule has 0 bridgehead atoms. The minimum atomic E-state index is 0.120. The van der Waals surface area contributed by atoms with Crippen molar-refractivity contribution < 1.29 is 0 Å². The van der Waals surface area contributed by atoms with Crippen molar-refractivity contribution in [3.05, 3.63) is 35.4 Å². The number of rotatable bonds is 1. The largest absolute Gasteiger partial charge is 0.326 e. The van der Waals surface area contributed by atoms with Gasteiger partial charge in [-0.2, -0.15) is 4.51 Å². The lowest BCUT2D eigenvalue weighted by Gasteiger charge is -2.15. The molecular formula is C11H13ClN2. The molecule has 0 saturated heterocycles. The fourth-order valence-electron chi connectivity index (χ4n) is 2.21. The summed E-state index contributed by atoms with van der Waals surface area (Å²) in [5.41, 5.74) is 9.58. The standard InChI is InChI=1S/C11H13ClN2/c1-7(14-12)11-9-5-3-2-4-8(9)6-10(11)13/h2-5,10-11H,6,13H2,1H3. The second-order valence-electron chi connectivity index (χ2n) is 3.77. The second-order valence-corrected chi connectivity index (χ2v) is 3.94. The highest BCUT2D eigenvalue weighted by atomic mass is 35.5. The van der Waals surface area contributed by atoms with Gasteiger partial charge in [-0.15, -0.1) is 0 Å². The van der Waals surface area contributed by atoms with Gasteiger partial charge in [-0.05, 0) is 24.5 Å². The van der Waals surface area contributed by atoms with Crippen molar-refractivity contribution in [1.82, 2.24) is 0 Å². The lowest BCUT2D eigenvalue weighted by atomic mass is 9.94. The van der Waals surface area contributed by atoms with E-state index in [1.165, 1.54) is 11.1 Å². The lowest BCUT2D eigenvalue weighted by Crippen LogP contribution is -2.29. The van der Waals surface area contributed by atoms with E-state index >= 15 is 0 Å². The fourth-order valence-corrected chi connectivity index (χ4v) is 2.32. The minimum Gasteiger partial charge on any atom is -0.326 e. The first-order chi connectivity index (χ1) is 6.74. The van der Waals surface area contributed by atoms with Gasteiger partial charge >= 0.3 is 0 Å². The average Bonchev–Trinajstić information content (AvgIpc) is 2.53. The van der Waals surface area contributed by atoms with Crippen LogP contribution in [0.5, 0.6) is 0 Å². The summed E-state index contributed by atoms with van der Waals surface area (Å²) < 4.78 is 3.73. The molecule has 0 spiro atoms. The van der Waals surface area contributed by atoms with E-state index in [4.69, 9.17) is 17.5 Å². The lowest BCUT2D eigenvalue weighted by molar-refractivity contribution is 0.680. The first-order valence-electron chi connectivity index (χ1n) is 4.73. The molecule has 2 nitrogen and oxygen atoms in total. The Labute approximate surface area is 88.9 Å². The quantitative estimate of drug-likeness (QED) is 0.707. The van der Waals surface area contributed by atoms with Gasteiger partial charge in [0.15, 0.2) is 0 Å². The van der Waals surface area contributed by atoms with E-state index in [0.717, 1.165) is 12.1 Å². The number of fused-ring (bicyclic) bond motifs is 1. The van der Waals surface area contributed by atoms with Gasteiger partial charge in [-0.25, -0.2) is 0 Å². The molecule has 2 unspecified atom stereocenters. The van der Waals surface area contributed by atoms with Crippen LogP contribution in [0.2, 0.25) is 0 Å². The molecule has 2 rings (SSSR count). The first-order valence-corrected chi connectivity index (χ1v) is 5.06. The van der Waals surface area contributed by atoms with E-state index < -0.39 is 0 Å². The molecule has 1 aromatic carbocycles. The summed E-state index contributed by atoms with van der Waals surface area (Å²) in [6.45, 7) is 1.93. The highest BCUT2D eigenvalue weighted by Gasteiger charge is 2.31. The van der Waals surface area contributed by atoms with E-state index in [-0.39, 0.29) is 12.0 Å². The Kier molecular flexibility index (Phi) is 2.57. The zero-order valence-corrected chi connectivity index (χ0v) is 8.83. The van der Waals surface area contributed by atoms with E-state index in [9.17, 15) is 0 Å². The third kappa shape index (κ3) is 1.45. The maximum Gasteiger partial charge on any atom is 0.0389 e. The second kappa shape index (κ2) is 3.71. The number of hydrogen-bond acceptors (Lipinski definition) is 2. The van der Waals surface area contributed by atoms with Crippen LogP contribution in [0.15, 0.2) is 28.8 Å². The Morgan fingerprint density at radius 2 is 2.21 bits per heavy atom. The highest BCUT2D eigenvalue weighted by Crippen LogP contribution is 2.33. The Morgan fingerprint density at radius 3 is 2.93 bits per heavy atom. The molecule has 3 heteroatoms. The molecule has 0 saturated carbocycles. The molecule has 1 aliphatic carbocycles. The van der Waals surface area contributed by atoms with Gasteiger partial charge in [0.2, 0.25) is 0 Å². The monoisotopic (exact) mass is 208 g/mol.